The Bertz CT molecular complexity index is 1140. The minimum absolute atomic E-state index is 0.142. The molecule has 2 aromatic heterocycles. The second-order valence-corrected chi connectivity index (χ2v) is 6.93. The molecule has 2 heterocycles. The summed E-state index contributed by atoms with van der Waals surface area (Å²) >= 11 is 6.47. The highest BCUT2D eigenvalue weighted by atomic mass is 35.5. The molecular weight excluding hydrogens is 374 g/mol. The highest BCUT2D eigenvalue weighted by molar-refractivity contribution is 6.31. The first-order chi connectivity index (χ1) is 13.6. The summed E-state index contributed by atoms with van der Waals surface area (Å²) in [5, 5.41) is 16.1. The van der Waals surface area contributed by atoms with Gasteiger partial charge in [0.15, 0.2) is 12.4 Å². The predicted molar refractivity (Wildman–Crippen MR) is 109 cm³/mol. The van der Waals surface area contributed by atoms with E-state index in [2.05, 4.69) is 10.3 Å². The van der Waals surface area contributed by atoms with Crippen molar-refractivity contribution in [2.75, 3.05) is 6.54 Å². The third-order valence-electron chi connectivity index (χ3n) is 4.78. The SMILES string of the molecule is O=C(NC[C@@H](c1ccccc1Cl)c1c[nH]c2ccccc12)c1ccc[n+]([O-])c1. The van der Waals surface area contributed by atoms with E-state index >= 15 is 0 Å². The number of para-hydroxylation sites is 1. The van der Waals surface area contributed by atoms with Crippen molar-refractivity contribution in [1.82, 2.24) is 10.3 Å². The van der Waals surface area contributed by atoms with Crippen molar-refractivity contribution < 1.29 is 9.52 Å². The molecule has 1 atom stereocenters. The number of H-pyrrole nitrogens is 1. The van der Waals surface area contributed by atoms with Gasteiger partial charge < -0.3 is 15.5 Å². The van der Waals surface area contributed by atoms with Crippen molar-refractivity contribution in [3.8, 4) is 0 Å². The Kier molecular flexibility index (Phi) is 5.00. The van der Waals surface area contributed by atoms with Gasteiger partial charge in [-0.25, -0.2) is 0 Å². The van der Waals surface area contributed by atoms with Crippen molar-refractivity contribution in [2.24, 2.45) is 0 Å². The van der Waals surface area contributed by atoms with Crippen molar-refractivity contribution in [2.45, 2.75) is 5.92 Å². The fourth-order valence-electron chi connectivity index (χ4n) is 3.41. The molecule has 5 nitrogen and oxygen atoms in total. The minimum atomic E-state index is -0.304. The lowest BCUT2D eigenvalue weighted by Gasteiger charge is -2.19. The quantitative estimate of drug-likeness (QED) is 0.398. The van der Waals surface area contributed by atoms with E-state index in [-0.39, 0.29) is 11.8 Å². The van der Waals surface area contributed by atoms with Crippen LogP contribution in [0.15, 0.2) is 79.3 Å². The molecule has 0 saturated heterocycles. The molecule has 0 radical (unpaired) electrons. The molecule has 0 aliphatic carbocycles. The normalized spacial score (nSPS) is 12.0. The number of fused-ring (bicyclic) bond motifs is 1. The van der Waals surface area contributed by atoms with Gasteiger partial charge in [0.1, 0.15) is 5.56 Å². The molecule has 0 bridgehead atoms. The summed E-state index contributed by atoms with van der Waals surface area (Å²) in [4.78, 5) is 15.8. The van der Waals surface area contributed by atoms with Gasteiger partial charge in [-0.15, -0.1) is 0 Å². The lowest BCUT2D eigenvalue weighted by atomic mass is 9.90. The number of hydrogen-bond acceptors (Lipinski definition) is 2. The molecule has 4 aromatic rings. The third kappa shape index (κ3) is 3.57. The van der Waals surface area contributed by atoms with Gasteiger partial charge in [0.25, 0.3) is 5.91 Å². The Morgan fingerprint density at radius 3 is 2.68 bits per heavy atom. The van der Waals surface area contributed by atoms with Crippen LogP contribution in [0.3, 0.4) is 0 Å². The van der Waals surface area contributed by atoms with Crippen molar-refractivity contribution in [3.05, 3.63) is 106 Å². The van der Waals surface area contributed by atoms with Crippen LogP contribution in [0.2, 0.25) is 5.02 Å². The van der Waals surface area contributed by atoms with Gasteiger partial charge in [-0.1, -0.05) is 48.0 Å². The summed E-state index contributed by atoms with van der Waals surface area (Å²) in [6, 6.07) is 18.8. The summed E-state index contributed by atoms with van der Waals surface area (Å²) in [5.74, 6) is -0.445. The topological polar surface area (TPSA) is 71.8 Å². The van der Waals surface area contributed by atoms with E-state index in [1.54, 1.807) is 12.1 Å². The number of pyridine rings is 1. The average Bonchev–Trinajstić information content (AvgIpc) is 3.13. The molecule has 6 heteroatoms. The van der Waals surface area contributed by atoms with Crippen molar-refractivity contribution >= 4 is 28.4 Å². The Morgan fingerprint density at radius 2 is 1.86 bits per heavy atom. The maximum Gasteiger partial charge on any atom is 0.257 e. The van der Waals surface area contributed by atoms with Crippen LogP contribution >= 0.6 is 11.6 Å². The van der Waals surface area contributed by atoms with E-state index in [0.717, 1.165) is 22.0 Å². The van der Waals surface area contributed by atoms with E-state index in [0.29, 0.717) is 21.9 Å². The van der Waals surface area contributed by atoms with E-state index in [1.807, 2.05) is 54.7 Å². The number of aromatic amines is 1. The number of nitrogens with one attached hydrogen (secondary N) is 2. The average molecular weight is 392 g/mol. The smallest absolute Gasteiger partial charge is 0.257 e. The predicted octanol–water partition coefficient (Wildman–Crippen LogP) is 4.02. The first kappa shape index (κ1) is 18.1. The molecule has 0 aliphatic heterocycles. The number of benzene rings is 2. The van der Waals surface area contributed by atoms with E-state index < -0.39 is 0 Å². The van der Waals surface area contributed by atoms with Crippen LogP contribution in [0.25, 0.3) is 10.9 Å². The fourth-order valence-corrected chi connectivity index (χ4v) is 3.68. The van der Waals surface area contributed by atoms with E-state index in [4.69, 9.17) is 11.6 Å². The summed E-state index contributed by atoms with van der Waals surface area (Å²) < 4.78 is 0.611. The second kappa shape index (κ2) is 7.74. The van der Waals surface area contributed by atoms with Crippen LogP contribution in [0, 0.1) is 5.21 Å². The number of rotatable bonds is 5. The Balaban J connectivity index is 1.68. The lowest BCUT2D eigenvalue weighted by Crippen LogP contribution is -2.32. The summed E-state index contributed by atoms with van der Waals surface area (Å²) in [6.07, 6.45) is 4.56. The van der Waals surface area contributed by atoms with Gasteiger partial charge in [0.2, 0.25) is 0 Å². The maximum absolute atomic E-state index is 12.5. The first-order valence-corrected chi connectivity index (χ1v) is 9.29. The number of nitrogens with zero attached hydrogens (tertiary/aromatic N) is 1. The molecule has 0 aliphatic rings. The van der Waals surface area contributed by atoms with Crippen LogP contribution in [-0.4, -0.2) is 17.4 Å². The molecule has 1 amide bonds. The number of carbonyl (C=O) groups excluding carboxylic acids is 1. The molecule has 140 valence electrons. The molecule has 2 N–H and O–H groups in total. The first-order valence-electron chi connectivity index (χ1n) is 8.91. The maximum atomic E-state index is 12.5. The molecule has 0 saturated carbocycles. The van der Waals surface area contributed by atoms with Gasteiger partial charge in [-0.05, 0) is 29.3 Å². The molecule has 2 aromatic carbocycles. The zero-order valence-corrected chi connectivity index (χ0v) is 15.7. The lowest BCUT2D eigenvalue weighted by molar-refractivity contribution is -0.605. The summed E-state index contributed by atoms with van der Waals surface area (Å²) in [7, 11) is 0. The zero-order valence-electron chi connectivity index (χ0n) is 14.9. The second-order valence-electron chi connectivity index (χ2n) is 6.53. The monoisotopic (exact) mass is 391 g/mol. The van der Waals surface area contributed by atoms with Gasteiger partial charge >= 0.3 is 0 Å². The van der Waals surface area contributed by atoms with Gasteiger partial charge in [0, 0.05) is 40.7 Å². The highest BCUT2D eigenvalue weighted by Crippen LogP contribution is 2.34. The highest BCUT2D eigenvalue weighted by Gasteiger charge is 2.21. The van der Waals surface area contributed by atoms with Crippen LogP contribution in [0.1, 0.15) is 27.4 Å². The van der Waals surface area contributed by atoms with Crippen LogP contribution in [0.4, 0.5) is 0 Å². The van der Waals surface area contributed by atoms with Crippen molar-refractivity contribution in [3.63, 3.8) is 0 Å². The Morgan fingerprint density at radius 1 is 1.07 bits per heavy atom. The van der Waals surface area contributed by atoms with Crippen LogP contribution in [-0.2, 0) is 0 Å². The van der Waals surface area contributed by atoms with Crippen LogP contribution in [0.5, 0.6) is 0 Å². The molecule has 28 heavy (non-hydrogen) atoms. The number of amides is 1. The van der Waals surface area contributed by atoms with Gasteiger partial charge in [-0.2, -0.15) is 4.73 Å². The number of halogens is 1. The van der Waals surface area contributed by atoms with Crippen molar-refractivity contribution in [1.29, 1.82) is 0 Å². The van der Waals surface area contributed by atoms with Gasteiger partial charge in [-0.3, -0.25) is 4.79 Å². The third-order valence-corrected chi connectivity index (χ3v) is 5.13. The summed E-state index contributed by atoms with van der Waals surface area (Å²) in [6.45, 7) is 0.345. The molecule has 0 fully saturated rings. The summed E-state index contributed by atoms with van der Waals surface area (Å²) in [5.41, 5.74) is 3.32. The minimum Gasteiger partial charge on any atom is -0.619 e. The Hall–Kier alpha value is -3.31. The molecule has 4 rings (SSSR count). The molecule has 0 unspecified atom stereocenters. The van der Waals surface area contributed by atoms with Gasteiger partial charge in [0.05, 0.1) is 0 Å². The Labute approximate surface area is 167 Å². The standard InChI is InChI=1S/C22H18ClN3O2/c23-20-9-3-1-7-16(20)18(19-12-24-21-10-4-2-8-17(19)21)13-25-22(27)15-6-5-11-26(28)14-15/h1-12,14,18,24H,13H2,(H,25,27)/t18-/m0/s1. The van der Waals surface area contributed by atoms with E-state index in [1.165, 1.54) is 12.4 Å². The number of hydrogen-bond donors (Lipinski definition) is 2. The molecular formula is C22H18ClN3O2. The zero-order chi connectivity index (χ0) is 19.5. The van der Waals surface area contributed by atoms with E-state index in [9.17, 15) is 10.0 Å². The van der Waals surface area contributed by atoms with Crippen LogP contribution < -0.4 is 10.0 Å². The number of carbonyl (C=O) groups is 1. The largest absolute Gasteiger partial charge is 0.619 e. The fraction of sp³-hybridized carbons (Fsp3) is 0.0909. The number of aromatic nitrogens is 2. The molecule has 0 spiro atoms.